The maximum atomic E-state index is 4.72. The first kappa shape index (κ1) is 14.1. The molecule has 0 bridgehead atoms. The Morgan fingerprint density at radius 2 is 2.17 bits per heavy atom. The molecule has 5 heteroatoms. The van der Waals surface area contributed by atoms with E-state index < -0.39 is 0 Å². The second-order valence-corrected chi connectivity index (χ2v) is 7.95. The van der Waals surface area contributed by atoms with Crippen molar-refractivity contribution in [2.24, 2.45) is 5.92 Å². The van der Waals surface area contributed by atoms with Gasteiger partial charge in [0.05, 0.1) is 5.39 Å². The quantitative estimate of drug-likeness (QED) is 0.517. The van der Waals surface area contributed by atoms with Gasteiger partial charge in [-0.05, 0) is 43.7 Å². The third-order valence-corrected chi connectivity index (χ3v) is 6.14. The Bertz CT molecular complexity index is 1080. The molecule has 24 heavy (non-hydrogen) atoms. The molecule has 0 amide bonds. The Labute approximate surface area is 144 Å². The van der Waals surface area contributed by atoms with Crippen LogP contribution in [0.5, 0.6) is 0 Å². The van der Waals surface area contributed by atoms with Crippen molar-refractivity contribution in [1.82, 2.24) is 19.6 Å². The minimum Gasteiger partial charge on any atom is -0.265 e. The van der Waals surface area contributed by atoms with Gasteiger partial charge in [-0.2, -0.15) is 0 Å². The molecular weight excluding hydrogens is 316 g/mol. The highest BCUT2D eigenvalue weighted by atomic mass is 32.1. The van der Waals surface area contributed by atoms with Crippen molar-refractivity contribution in [2.75, 3.05) is 0 Å². The van der Waals surface area contributed by atoms with Crippen molar-refractivity contribution in [1.29, 1.82) is 0 Å². The van der Waals surface area contributed by atoms with Gasteiger partial charge < -0.3 is 0 Å². The summed E-state index contributed by atoms with van der Waals surface area (Å²) in [6.45, 7) is 4.43. The summed E-state index contributed by atoms with van der Waals surface area (Å²) in [5.74, 6) is 1.63. The molecule has 0 unspecified atom stereocenters. The van der Waals surface area contributed by atoms with Gasteiger partial charge in [0.2, 0.25) is 0 Å². The van der Waals surface area contributed by atoms with Crippen LogP contribution in [0.1, 0.15) is 29.3 Å². The van der Waals surface area contributed by atoms with Gasteiger partial charge >= 0.3 is 0 Å². The average molecular weight is 334 g/mol. The zero-order valence-electron chi connectivity index (χ0n) is 13.8. The fourth-order valence-electron chi connectivity index (χ4n) is 3.72. The number of fused-ring (bicyclic) bond motifs is 5. The van der Waals surface area contributed by atoms with Gasteiger partial charge in [-0.25, -0.2) is 4.98 Å². The van der Waals surface area contributed by atoms with Crippen LogP contribution >= 0.6 is 11.3 Å². The Morgan fingerprint density at radius 1 is 1.25 bits per heavy atom. The fraction of sp³-hybridized carbons (Fsp3) is 0.316. The summed E-state index contributed by atoms with van der Waals surface area (Å²) < 4.78 is 2.04. The molecular formula is C19H18N4S. The van der Waals surface area contributed by atoms with E-state index in [1.165, 1.54) is 34.2 Å². The molecule has 0 saturated heterocycles. The zero-order valence-corrected chi connectivity index (χ0v) is 14.6. The predicted molar refractivity (Wildman–Crippen MR) is 97.5 cm³/mol. The fourth-order valence-corrected chi connectivity index (χ4v) is 5.07. The van der Waals surface area contributed by atoms with E-state index in [4.69, 9.17) is 4.98 Å². The van der Waals surface area contributed by atoms with Crippen LogP contribution in [0.15, 0.2) is 30.6 Å². The second-order valence-electron chi connectivity index (χ2n) is 6.86. The lowest BCUT2D eigenvalue weighted by molar-refractivity contribution is 0.509. The number of thiophene rings is 1. The van der Waals surface area contributed by atoms with Gasteiger partial charge in [0.15, 0.2) is 11.5 Å². The number of aromatic nitrogens is 4. The standard InChI is InChI=1S/C19H18N4S/c1-11-4-3-5-13(8-11)17-21-22-18-16-14-7-6-12(2)9-15(14)24-19(16)20-10-23(17)18/h3-5,8,10,12H,6-7,9H2,1-2H3/t12-/m0/s1. The summed E-state index contributed by atoms with van der Waals surface area (Å²) in [5.41, 5.74) is 4.71. The number of hydrogen-bond acceptors (Lipinski definition) is 4. The van der Waals surface area contributed by atoms with Crippen molar-refractivity contribution < 1.29 is 0 Å². The monoisotopic (exact) mass is 334 g/mol. The number of benzene rings is 1. The minimum atomic E-state index is 0.766. The van der Waals surface area contributed by atoms with E-state index in [9.17, 15) is 0 Å². The van der Waals surface area contributed by atoms with Crippen molar-refractivity contribution >= 4 is 27.2 Å². The van der Waals surface area contributed by atoms with E-state index in [1.807, 2.05) is 22.1 Å². The van der Waals surface area contributed by atoms with Crippen LogP contribution in [0, 0.1) is 12.8 Å². The van der Waals surface area contributed by atoms with Gasteiger partial charge in [-0.3, -0.25) is 4.40 Å². The van der Waals surface area contributed by atoms with Crippen molar-refractivity contribution in [3.63, 3.8) is 0 Å². The first-order chi connectivity index (χ1) is 11.7. The third-order valence-electron chi connectivity index (χ3n) is 4.98. The largest absolute Gasteiger partial charge is 0.265 e. The molecule has 1 aliphatic rings. The summed E-state index contributed by atoms with van der Waals surface area (Å²) in [7, 11) is 0. The topological polar surface area (TPSA) is 43.1 Å². The molecule has 1 aromatic carbocycles. The molecule has 5 rings (SSSR count). The number of hydrogen-bond donors (Lipinski definition) is 0. The van der Waals surface area contributed by atoms with Crippen LogP contribution in [0.25, 0.3) is 27.3 Å². The van der Waals surface area contributed by atoms with Crippen LogP contribution in [-0.4, -0.2) is 19.6 Å². The first-order valence-corrected chi connectivity index (χ1v) is 9.23. The Hall–Kier alpha value is -2.27. The highest BCUT2D eigenvalue weighted by molar-refractivity contribution is 7.19. The molecule has 1 atom stereocenters. The van der Waals surface area contributed by atoms with Crippen LogP contribution < -0.4 is 0 Å². The van der Waals surface area contributed by atoms with Crippen LogP contribution in [-0.2, 0) is 12.8 Å². The predicted octanol–water partition coefficient (Wildman–Crippen LogP) is 4.44. The van der Waals surface area contributed by atoms with Gasteiger partial charge in [-0.15, -0.1) is 21.5 Å². The molecule has 0 spiro atoms. The zero-order chi connectivity index (χ0) is 16.3. The van der Waals surface area contributed by atoms with Crippen molar-refractivity contribution in [2.45, 2.75) is 33.1 Å². The highest BCUT2D eigenvalue weighted by Crippen LogP contribution is 2.39. The molecule has 3 aromatic heterocycles. The van der Waals surface area contributed by atoms with Crippen molar-refractivity contribution in [3.05, 3.63) is 46.6 Å². The lowest BCUT2D eigenvalue weighted by Gasteiger charge is -2.17. The van der Waals surface area contributed by atoms with E-state index >= 15 is 0 Å². The molecule has 1 aliphatic carbocycles. The summed E-state index contributed by atoms with van der Waals surface area (Å²) in [6, 6.07) is 8.38. The van der Waals surface area contributed by atoms with E-state index in [1.54, 1.807) is 0 Å². The molecule has 120 valence electrons. The van der Waals surface area contributed by atoms with Gasteiger partial charge in [0.1, 0.15) is 11.2 Å². The molecule has 0 radical (unpaired) electrons. The molecule has 4 nitrogen and oxygen atoms in total. The molecule has 4 aromatic rings. The first-order valence-electron chi connectivity index (χ1n) is 8.42. The Balaban J connectivity index is 1.78. The molecule has 0 aliphatic heterocycles. The third kappa shape index (κ3) is 2.01. The smallest absolute Gasteiger partial charge is 0.172 e. The van der Waals surface area contributed by atoms with Gasteiger partial charge in [-0.1, -0.05) is 30.7 Å². The average Bonchev–Trinajstić information content (AvgIpc) is 3.14. The van der Waals surface area contributed by atoms with E-state index in [-0.39, 0.29) is 0 Å². The highest BCUT2D eigenvalue weighted by Gasteiger charge is 2.24. The SMILES string of the molecule is Cc1cccc(-c2nnc3c4c5c(sc4ncn23)C[C@@H](C)CC5)c1. The van der Waals surface area contributed by atoms with Crippen molar-refractivity contribution in [3.8, 4) is 11.4 Å². The summed E-state index contributed by atoms with van der Waals surface area (Å²) in [5, 5.41) is 10.2. The number of nitrogens with zero attached hydrogens (tertiary/aromatic N) is 4. The van der Waals surface area contributed by atoms with E-state index in [0.717, 1.165) is 34.2 Å². The molecule has 0 N–H and O–H groups in total. The number of rotatable bonds is 1. The van der Waals surface area contributed by atoms with Crippen LogP contribution in [0.4, 0.5) is 0 Å². The summed E-state index contributed by atoms with van der Waals surface area (Å²) in [6.07, 6.45) is 5.42. The van der Waals surface area contributed by atoms with Gasteiger partial charge in [0.25, 0.3) is 0 Å². The lowest BCUT2D eigenvalue weighted by atomic mass is 9.89. The summed E-state index contributed by atoms with van der Waals surface area (Å²) >= 11 is 1.83. The van der Waals surface area contributed by atoms with Crippen LogP contribution in [0.2, 0.25) is 0 Å². The second kappa shape index (κ2) is 5.11. The Morgan fingerprint density at radius 3 is 3.04 bits per heavy atom. The van der Waals surface area contributed by atoms with Gasteiger partial charge in [0, 0.05) is 10.4 Å². The molecule has 0 fully saturated rings. The maximum absolute atomic E-state index is 4.72. The van der Waals surface area contributed by atoms with E-state index in [0.29, 0.717) is 0 Å². The maximum Gasteiger partial charge on any atom is 0.172 e. The summed E-state index contributed by atoms with van der Waals surface area (Å²) in [4.78, 5) is 7.31. The van der Waals surface area contributed by atoms with Crippen LogP contribution in [0.3, 0.4) is 0 Å². The lowest BCUT2D eigenvalue weighted by Crippen LogP contribution is -2.08. The number of aryl methyl sites for hydroxylation is 2. The normalized spacial score (nSPS) is 17.5. The minimum absolute atomic E-state index is 0.766. The van der Waals surface area contributed by atoms with E-state index in [2.05, 4.69) is 48.3 Å². The molecule has 0 saturated carbocycles. The Kier molecular flexibility index (Phi) is 3.00. The molecule has 3 heterocycles.